The molecule has 0 radical (unpaired) electrons. The van der Waals surface area contributed by atoms with Gasteiger partial charge in [0.15, 0.2) is 0 Å². The van der Waals surface area contributed by atoms with Crippen molar-refractivity contribution in [2.45, 2.75) is 6.42 Å². The summed E-state index contributed by atoms with van der Waals surface area (Å²) in [4.78, 5) is 0. The summed E-state index contributed by atoms with van der Waals surface area (Å²) >= 11 is 0. The van der Waals surface area contributed by atoms with Crippen LogP contribution in [0.2, 0.25) is 0 Å². The first-order valence-corrected chi connectivity index (χ1v) is 17.9. The average molecular weight is 681 g/mol. The second kappa shape index (κ2) is 11.2. The molecule has 250 valence electrons. The molecule has 4 heterocycles. The molecule has 0 atom stereocenters. The van der Waals surface area contributed by atoms with Gasteiger partial charge in [0.25, 0.3) is 0 Å². The van der Waals surface area contributed by atoms with Gasteiger partial charge in [-0.05, 0) is 84.3 Å². The van der Waals surface area contributed by atoms with Crippen molar-refractivity contribution in [3.8, 4) is 11.4 Å². The van der Waals surface area contributed by atoms with E-state index in [2.05, 4.69) is 144 Å². The van der Waals surface area contributed by atoms with Gasteiger partial charge < -0.3 is 18.0 Å². The van der Waals surface area contributed by atoms with Gasteiger partial charge in [0.1, 0.15) is 22.3 Å². The third kappa shape index (κ3) is 4.36. The highest BCUT2D eigenvalue weighted by Crippen LogP contribution is 2.39. The molecule has 11 rings (SSSR count). The van der Waals surface area contributed by atoms with Crippen LogP contribution in [0.15, 0.2) is 168 Å². The van der Waals surface area contributed by atoms with E-state index < -0.39 is 0 Å². The highest BCUT2D eigenvalue weighted by atomic mass is 16.3. The van der Waals surface area contributed by atoms with Crippen LogP contribution in [0, 0.1) is 0 Å². The second-order valence-electron chi connectivity index (χ2n) is 13.8. The van der Waals surface area contributed by atoms with Gasteiger partial charge in [-0.1, -0.05) is 98.1 Å². The monoisotopic (exact) mass is 680 g/mol. The maximum Gasteiger partial charge on any atom is 0.139 e. The fourth-order valence-electron chi connectivity index (χ4n) is 8.52. The molecule has 4 heteroatoms. The Morgan fingerprint density at radius 3 is 1.81 bits per heavy atom. The Kier molecular flexibility index (Phi) is 6.29. The van der Waals surface area contributed by atoms with E-state index in [-0.39, 0.29) is 0 Å². The lowest BCUT2D eigenvalue weighted by Gasteiger charge is -2.11. The summed E-state index contributed by atoms with van der Waals surface area (Å²) in [6.45, 7) is 8.30. The predicted octanol–water partition coefficient (Wildman–Crippen LogP) is 13.4. The molecule has 0 saturated heterocycles. The van der Waals surface area contributed by atoms with Gasteiger partial charge in [-0.25, -0.2) is 0 Å². The molecule has 0 aliphatic heterocycles. The molecule has 0 fully saturated rings. The lowest BCUT2D eigenvalue weighted by Crippen LogP contribution is -1.97. The van der Waals surface area contributed by atoms with Crippen LogP contribution in [0.25, 0.3) is 100 Å². The van der Waals surface area contributed by atoms with Gasteiger partial charge >= 0.3 is 0 Å². The minimum Gasteiger partial charge on any atom is -0.456 e. The smallest absolute Gasteiger partial charge is 0.139 e. The minimum absolute atomic E-state index is 0.792. The molecule has 0 unspecified atom stereocenters. The van der Waals surface area contributed by atoms with E-state index in [1.165, 1.54) is 38.3 Å². The van der Waals surface area contributed by atoms with E-state index in [0.29, 0.717) is 0 Å². The van der Waals surface area contributed by atoms with Crippen LogP contribution < -0.4 is 0 Å². The number of rotatable bonds is 6. The largest absolute Gasteiger partial charge is 0.456 e. The van der Waals surface area contributed by atoms with Crippen LogP contribution in [-0.4, -0.2) is 9.13 Å². The van der Waals surface area contributed by atoms with Gasteiger partial charge in [0.05, 0.1) is 22.2 Å². The summed E-state index contributed by atoms with van der Waals surface area (Å²) in [5.74, 6) is 0. The molecule has 0 saturated carbocycles. The van der Waals surface area contributed by atoms with Crippen molar-refractivity contribution in [1.29, 1.82) is 0 Å². The van der Waals surface area contributed by atoms with E-state index in [9.17, 15) is 0 Å². The van der Waals surface area contributed by atoms with Crippen molar-refractivity contribution in [3.05, 3.63) is 181 Å². The van der Waals surface area contributed by atoms with Crippen LogP contribution in [0.1, 0.15) is 22.4 Å². The number of para-hydroxylation sites is 3. The minimum atomic E-state index is 0.792. The van der Waals surface area contributed by atoms with Crippen molar-refractivity contribution in [1.82, 2.24) is 9.13 Å². The number of benzene rings is 7. The number of hydrogen-bond donors (Lipinski definition) is 0. The summed E-state index contributed by atoms with van der Waals surface area (Å²) in [5, 5.41) is 8.00. The summed E-state index contributed by atoms with van der Waals surface area (Å²) in [6, 6.07) is 51.9. The molecule has 0 bridgehead atoms. The van der Waals surface area contributed by atoms with Gasteiger partial charge in [-0.2, -0.15) is 0 Å². The molecule has 0 aliphatic carbocycles. The Morgan fingerprint density at radius 2 is 1.04 bits per heavy atom. The van der Waals surface area contributed by atoms with Crippen LogP contribution in [0.4, 0.5) is 0 Å². The standard InChI is InChI=1S/C49H32N2O2/c1-3-34-36-21-18-30(25-44(36)50(42(34)4-2)32-12-6-5-7-13-32)24-31-19-22-37-35-14-8-10-16-43(35)51(45(37)26-31)33-20-23-47-39(27-33)41-28-40-38-15-9-11-17-46(38)52-48(40)29-49(41)53-47/h3-23,25-29H,1-2,24H2. The number of hydrogen-bond acceptors (Lipinski definition) is 2. The van der Waals surface area contributed by atoms with Crippen LogP contribution in [0.5, 0.6) is 0 Å². The van der Waals surface area contributed by atoms with Crippen LogP contribution in [-0.2, 0) is 6.42 Å². The van der Waals surface area contributed by atoms with E-state index in [0.717, 1.165) is 78.4 Å². The Balaban J connectivity index is 1.07. The number of nitrogens with zero attached hydrogens (tertiary/aromatic N) is 2. The molecule has 0 spiro atoms. The van der Waals surface area contributed by atoms with Crippen molar-refractivity contribution in [2.24, 2.45) is 0 Å². The maximum atomic E-state index is 6.40. The third-order valence-electron chi connectivity index (χ3n) is 10.9. The molecular formula is C49H32N2O2. The molecule has 4 aromatic heterocycles. The highest BCUT2D eigenvalue weighted by Gasteiger charge is 2.18. The first-order chi connectivity index (χ1) is 26.2. The highest BCUT2D eigenvalue weighted by molar-refractivity contribution is 6.16. The quantitative estimate of drug-likeness (QED) is 0.175. The fourth-order valence-corrected chi connectivity index (χ4v) is 8.52. The predicted molar refractivity (Wildman–Crippen MR) is 222 cm³/mol. The number of aromatic nitrogens is 2. The lowest BCUT2D eigenvalue weighted by atomic mass is 10.0. The lowest BCUT2D eigenvalue weighted by molar-refractivity contribution is 0.656. The van der Waals surface area contributed by atoms with Crippen molar-refractivity contribution in [2.75, 3.05) is 0 Å². The molecule has 11 aromatic rings. The van der Waals surface area contributed by atoms with E-state index >= 15 is 0 Å². The SMILES string of the molecule is C=Cc1c(C=C)n(-c2ccccc2)c2cc(Cc3ccc4c5ccccc5n(-c5ccc6oc7cc8oc9ccccc9c8cc7c6c5)c4c3)ccc12. The van der Waals surface area contributed by atoms with Crippen LogP contribution >= 0.6 is 0 Å². The fraction of sp³-hybridized carbons (Fsp3) is 0.0204. The van der Waals surface area contributed by atoms with E-state index in [1.54, 1.807) is 0 Å². The average Bonchev–Trinajstić information content (AvgIpc) is 3.93. The summed E-state index contributed by atoms with van der Waals surface area (Å²) in [5.41, 5.74) is 13.7. The van der Waals surface area contributed by atoms with E-state index in [4.69, 9.17) is 8.83 Å². The van der Waals surface area contributed by atoms with Gasteiger partial charge in [0.2, 0.25) is 0 Å². The van der Waals surface area contributed by atoms with Crippen LogP contribution in [0.3, 0.4) is 0 Å². The maximum absolute atomic E-state index is 6.40. The van der Waals surface area contributed by atoms with Crippen molar-refractivity contribution in [3.63, 3.8) is 0 Å². The number of fused-ring (bicyclic) bond motifs is 10. The molecule has 4 nitrogen and oxygen atoms in total. The van der Waals surface area contributed by atoms with Crippen molar-refractivity contribution < 1.29 is 8.83 Å². The summed E-state index contributed by atoms with van der Waals surface area (Å²) < 4.78 is 17.3. The molecule has 0 amide bonds. The number of furan rings is 2. The Labute approximate surface area is 304 Å². The molecule has 0 N–H and O–H groups in total. The van der Waals surface area contributed by atoms with Crippen molar-refractivity contribution >= 4 is 88.7 Å². The van der Waals surface area contributed by atoms with E-state index in [1.807, 2.05) is 36.4 Å². The summed E-state index contributed by atoms with van der Waals surface area (Å²) in [7, 11) is 0. The Hall–Kier alpha value is -7.04. The van der Waals surface area contributed by atoms with Gasteiger partial charge in [0, 0.05) is 60.7 Å². The summed E-state index contributed by atoms with van der Waals surface area (Å²) in [6.07, 6.45) is 4.66. The third-order valence-corrected chi connectivity index (χ3v) is 10.9. The zero-order valence-corrected chi connectivity index (χ0v) is 28.8. The molecule has 53 heavy (non-hydrogen) atoms. The molecule has 7 aromatic carbocycles. The van der Waals surface area contributed by atoms with Gasteiger partial charge in [-0.15, -0.1) is 0 Å². The first kappa shape index (κ1) is 29.7. The zero-order chi connectivity index (χ0) is 35.2. The zero-order valence-electron chi connectivity index (χ0n) is 28.8. The first-order valence-electron chi connectivity index (χ1n) is 17.9. The Bertz CT molecular complexity index is 3290. The Morgan fingerprint density at radius 1 is 0.415 bits per heavy atom. The normalized spacial score (nSPS) is 12.0. The second-order valence-corrected chi connectivity index (χ2v) is 13.8. The van der Waals surface area contributed by atoms with Gasteiger partial charge in [-0.3, -0.25) is 0 Å². The molecule has 0 aliphatic rings. The topological polar surface area (TPSA) is 36.1 Å². The molecular weight excluding hydrogens is 649 g/mol.